The first-order chi connectivity index (χ1) is 8.96. The molecule has 1 fully saturated rings. The molecule has 106 valence electrons. The summed E-state index contributed by atoms with van der Waals surface area (Å²) in [6, 6.07) is 4.67. The third-order valence-corrected chi connectivity index (χ3v) is 4.76. The van der Waals surface area contributed by atoms with Gasteiger partial charge in [0.05, 0.1) is 0 Å². The van der Waals surface area contributed by atoms with Crippen LogP contribution in [0.15, 0.2) is 12.1 Å². The quantitative estimate of drug-likeness (QED) is 0.808. The molecule has 1 N–H and O–H groups in total. The molecule has 1 unspecified atom stereocenters. The second kappa shape index (κ2) is 5.66. The Labute approximate surface area is 118 Å². The van der Waals surface area contributed by atoms with Crippen molar-refractivity contribution >= 4 is 0 Å². The van der Waals surface area contributed by atoms with E-state index in [1.165, 1.54) is 36.0 Å². The number of rotatable bonds is 6. The zero-order valence-electron chi connectivity index (χ0n) is 13.3. The Hall–Kier alpha value is -0.820. The summed E-state index contributed by atoms with van der Waals surface area (Å²) in [4.78, 5) is 0. The molecule has 19 heavy (non-hydrogen) atoms. The number of benzene rings is 1. The molecule has 1 atom stereocenters. The Bertz CT molecular complexity index is 422. The summed E-state index contributed by atoms with van der Waals surface area (Å²) in [6.45, 7) is 13.7. The largest absolute Gasteiger partial charge is 0.316 e. The van der Waals surface area contributed by atoms with Crippen molar-refractivity contribution in [1.82, 2.24) is 5.32 Å². The minimum atomic E-state index is 0.431. The van der Waals surface area contributed by atoms with Crippen LogP contribution in [0.1, 0.15) is 48.9 Å². The van der Waals surface area contributed by atoms with Gasteiger partial charge >= 0.3 is 0 Å². The average molecular weight is 259 g/mol. The highest BCUT2D eigenvalue weighted by atomic mass is 14.9. The highest BCUT2D eigenvalue weighted by Crippen LogP contribution is 2.47. The predicted molar refractivity (Wildman–Crippen MR) is 83.7 cm³/mol. The van der Waals surface area contributed by atoms with Crippen molar-refractivity contribution in [2.45, 2.75) is 53.9 Å². The van der Waals surface area contributed by atoms with E-state index in [4.69, 9.17) is 0 Å². The second-order valence-electron chi connectivity index (χ2n) is 6.76. The fraction of sp³-hybridized carbons (Fsp3) is 0.667. The summed E-state index contributed by atoms with van der Waals surface area (Å²) in [5, 5.41) is 3.58. The van der Waals surface area contributed by atoms with Crippen molar-refractivity contribution in [1.29, 1.82) is 0 Å². The molecule has 0 amide bonds. The Morgan fingerprint density at radius 1 is 1.16 bits per heavy atom. The monoisotopic (exact) mass is 259 g/mol. The van der Waals surface area contributed by atoms with Crippen LogP contribution in [-0.4, -0.2) is 13.1 Å². The van der Waals surface area contributed by atoms with Gasteiger partial charge in [-0.3, -0.25) is 0 Å². The molecule has 0 saturated heterocycles. The van der Waals surface area contributed by atoms with E-state index < -0.39 is 0 Å². The van der Waals surface area contributed by atoms with Gasteiger partial charge in [0.1, 0.15) is 0 Å². The summed E-state index contributed by atoms with van der Waals surface area (Å²) < 4.78 is 0. The normalized spacial score (nSPS) is 18.4. The van der Waals surface area contributed by atoms with Gasteiger partial charge in [-0.15, -0.1) is 0 Å². The van der Waals surface area contributed by atoms with E-state index >= 15 is 0 Å². The van der Waals surface area contributed by atoms with Gasteiger partial charge in [0.15, 0.2) is 0 Å². The van der Waals surface area contributed by atoms with E-state index in [1.807, 2.05) is 0 Å². The topological polar surface area (TPSA) is 12.0 Å². The SMILES string of the molecule is CCNCC(C)(Cc1c(C)cc(C)cc1C)C1CC1. The number of nitrogens with one attached hydrogen (secondary N) is 1. The van der Waals surface area contributed by atoms with Crippen molar-refractivity contribution in [2.75, 3.05) is 13.1 Å². The van der Waals surface area contributed by atoms with Crippen LogP contribution < -0.4 is 5.32 Å². The molecule has 0 radical (unpaired) electrons. The zero-order valence-corrected chi connectivity index (χ0v) is 13.3. The van der Waals surface area contributed by atoms with Crippen LogP contribution in [-0.2, 0) is 6.42 Å². The van der Waals surface area contributed by atoms with Crippen molar-refractivity contribution in [3.8, 4) is 0 Å². The number of aryl methyl sites for hydroxylation is 3. The second-order valence-corrected chi connectivity index (χ2v) is 6.76. The highest BCUT2D eigenvalue weighted by Gasteiger charge is 2.41. The van der Waals surface area contributed by atoms with Crippen LogP contribution in [0.25, 0.3) is 0 Å². The Balaban J connectivity index is 2.22. The van der Waals surface area contributed by atoms with Gasteiger partial charge in [-0.2, -0.15) is 0 Å². The molecule has 1 saturated carbocycles. The van der Waals surface area contributed by atoms with E-state index in [1.54, 1.807) is 5.56 Å². The smallest absolute Gasteiger partial charge is 0.00109 e. The van der Waals surface area contributed by atoms with E-state index in [9.17, 15) is 0 Å². The maximum absolute atomic E-state index is 3.58. The molecule has 1 heteroatoms. The molecule has 0 aliphatic heterocycles. The Morgan fingerprint density at radius 3 is 2.21 bits per heavy atom. The lowest BCUT2D eigenvalue weighted by Gasteiger charge is -2.32. The van der Waals surface area contributed by atoms with Crippen LogP contribution in [0.2, 0.25) is 0 Å². The maximum atomic E-state index is 3.58. The molecule has 0 heterocycles. The summed E-state index contributed by atoms with van der Waals surface area (Å²) in [5.41, 5.74) is 6.35. The van der Waals surface area contributed by atoms with Crippen LogP contribution in [0.4, 0.5) is 0 Å². The Kier molecular flexibility index (Phi) is 4.35. The highest BCUT2D eigenvalue weighted by molar-refractivity contribution is 5.38. The molecule has 1 aromatic carbocycles. The molecule has 2 rings (SSSR count). The van der Waals surface area contributed by atoms with E-state index in [-0.39, 0.29) is 0 Å². The first kappa shape index (κ1) is 14.6. The molecule has 1 aliphatic carbocycles. The standard InChI is InChI=1S/C18H29N/c1-6-19-12-18(5,16-7-8-16)11-17-14(3)9-13(2)10-15(17)4/h9-10,16,19H,6-8,11-12H2,1-5H3. The molecule has 0 aromatic heterocycles. The van der Waals surface area contributed by atoms with Crippen molar-refractivity contribution < 1.29 is 0 Å². The lowest BCUT2D eigenvalue weighted by molar-refractivity contribution is 0.257. The van der Waals surface area contributed by atoms with Gasteiger partial charge in [-0.1, -0.05) is 31.5 Å². The predicted octanol–water partition coefficient (Wildman–Crippen LogP) is 4.18. The van der Waals surface area contributed by atoms with E-state index in [0.29, 0.717) is 5.41 Å². The summed E-state index contributed by atoms with van der Waals surface area (Å²) >= 11 is 0. The van der Waals surface area contributed by atoms with Gasteiger partial charge in [0.2, 0.25) is 0 Å². The first-order valence-corrected chi connectivity index (χ1v) is 7.73. The lowest BCUT2D eigenvalue weighted by atomic mass is 9.76. The summed E-state index contributed by atoms with van der Waals surface area (Å²) in [6.07, 6.45) is 4.07. The molecule has 0 bridgehead atoms. The number of hydrogen-bond acceptors (Lipinski definition) is 1. The minimum Gasteiger partial charge on any atom is -0.316 e. The molecule has 1 aromatic rings. The van der Waals surface area contributed by atoms with Crippen LogP contribution in [0.3, 0.4) is 0 Å². The molecule has 0 spiro atoms. The minimum absolute atomic E-state index is 0.431. The molecule has 1 nitrogen and oxygen atoms in total. The van der Waals surface area contributed by atoms with Crippen molar-refractivity contribution in [3.05, 3.63) is 34.4 Å². The first-order valence-electron chi connectivity index (χ1n) is 7.73. The summed E-state index contributed by atoms with van der Waals surface area (Å²) in [7, 11) is 0. The van der Waals surface area contributed by atoms with E-state index in [0.717, 1.165) is 19.0 Å². The molecular formula is C18H29N. The Morgan fingerprint density at radius 2 is 1.74 bits per heavy atom. The van der Waals surface area contributed by atoms with E-state index in [2.05, 4.69) is 52.1 Å². The van der Waals surface area contributed by atoms with Gasteiger partial charge in [0, 0.05) is 6.54 Å². The van der Waals surface area contributed by atoms with Crippen LogP contribution in [0.5, 0.6) is 0 Å². The van der Waals surface area contributed by atoms with Gasteiger partial charge < -0.3 is 5.32 Å². The van der Waals surface area contributed by atoms with Gasteiger partial charge in [-0.05, 0) is 74.6 Å². The van der Waals surface area contributed by atoms with Crippen molar-refractivity contribution in [2.24, 2.45) is 11.3 Å². The van der Waals surface area contributed by atoms with Crippen LogP contribution >= 0.6 is 0 Å². The lowest BCUT2D eigenvalue weighted by Crippen LogP contribution is -2.36. The average Bonchev–Trinajstić information content (AvgIpc) is 3.15. The van der Waals surface area contributed by atoms with Crippen LogP contribution in [0, 0.1) is 32.1 Å². The van der Waals surface area contributed by atoms with Gasteiger partial charge in [0.25, 0.3) is 0 Å². The number of hydrogen-bond donors (Lipinski definition) is 1. The molecular weight excluding hydrogens is 230 g/mol. The maximum Gasteiger partial charge on any atom is 0.00109 e. The third kappa shape index (κ3) is 3.39. The fourth-order valence-electron chi connectivity index (χ4n) is 3.43. The molecule has 1 aliphatic rings. The fourth-order valence-corrected chi connectivity index (χ4v) is 3.43. The summed E-state index contributed by atoms with van der Waals surface area (Å²) in [5.74, 6) is 0.923. The van der Waals surface area contributed by atoms with Crippen molar-refractivity contribution in [3.63, 3.8) is 0 Å². The zero-order chi connectivity index (χ0) is 14.0. The van der Waals surface area contributed by atoms with Gasteiger partial charge in [-0.25, -0.2) is 0 Å². The third-order valence-electron chi connectivity index (χ3n) is 4.76.